The Kier molecular flexibility index (Phi) is 5.88. The monoisotopic (exact) mass is 300 g/mol. The summed E-state index contributed by atoms with van der Waals surface area (Å²) < 4.78 is 13.2. The fraction of sp³-hybridized carbons (Fsp3) is 0.167. The van der Waals surface area contributed by atoms with Crippen molar-refractivity contribution >= 4 is 17.2 Å². The Balaban J connectivity index is 0.00000180. The second-order valence-corrected chi connectivity index (χ2v) is 4.44. The molecule has 0 bridgehead atoms. The third kappa shape index (κ3) is 3.73. The highest BCUT2D eigenvalue weighted by molar-refractivity contribution is 7.13. The minimum absolute atomic E-state index is 0. The van der Waals surface area contributed by atoms with E-state index in [1.165, 1.54) is 23.5 Å². The maximum atomic E-state index is 13.2. The first-order chi connectivity index (χ1) is 8.72. The van der Waals surface area contributed by atoms with Gasteiger partial charge in [-0.25, -0.2) is 9.37 Å². The topological polar surface area (TPSA) is 68.0 Å². The van der Waals surface area contributed by atoms with Crippen molar-refractivity contribution in [3.05, 3.63) is 41.3 Å². The van der Waals surface area contributed by atoms with Gasteiger partial charge >= 0.3 is 0 Å². The normalized spacial score (nSPS) is 9.79. The summed E-state index contributed by atoms with van der Waals surface area (Å²) in [4.78, 5) is 16.5. The van der Waals surface area contributed by atoms with Crippen molar-refractivity contribution in [2.45, 2.75) is 0 Å². The van der Waals surface area contributed by atoms with Crippen LogP contribution >= 0.6 is 11.3 Å². The summed E-state index contributed by atoms with van der Waals surface area (Å²) in [5.74, 6) is -0.629. The van der Waals surface area contributed by atoms with Gasteiger partial charge in [0.25, 0.3) is 5.91 Å². The molecule has 0 radical (unpaired) electrons. The lowest BCUT2D eigenvalue weighted by Crippen LogP contribution is -3.00. The zero-order valence-electron chi connectivity index (χ0n) is 9.90. The molecule has 0 aliphatic rings. The van der Waals surface area contributed by atoms with Crippen LogP contribution in [0.2, 0.25) is 0 Å². The molecule has 0 aliphatic heterocycles. The number of carbonyl (C=O) groups excluding carboxylic acids is 1. The summed E-state index contributed by atoms with van der Waals surface area (Å²) in [6, 6.07) is 6.09. The lowest BCUT2D eigenvalue weighted by Gasteiger charge is -2.04. The van der Waals surface area contributed by atoms with E-state index in [1.54, 1.807) is 17.6 Å². The maximum absolute atomic E-state index is 13.2. The van der Waals surface area contributed by atoms with Crippen molar-refractivity contribution in [1.29, 1.82) is 0 Å². The van der Waals surface area contributed by atoms with Gasteiger partial charge in [-0.3, -0.25) is 4.79 Å². The predicted molar refractivity (Wildman–Crippen MR) is 68.9 cm³/mol. The number of aromatic nitrogens is 1. The minimum Gasteiger partial charge on any atom is -1.00 e. The van der Waals surface area contributed by atoms with Crippen LogP contribution in [0, 0.1) is 5.82 Å². The van der Waals surface area contributed by atoms with E-state index in [2.05, 4.69) is 10.3 Å². The van der Waals surface area contributed by atoms with Crippen LogP contribution in [-0.4, -0.2) is 24.0 Å². The van der Waals surface area contributed by atoms with E-state index >= 15 is 0 Å². The van der Waals surface area contributed by atoms with Gasteiger partial charge in [-0.1, -0.05) is 12.1 Å². The van der Waals surface area contributed by atoms with Crippen LogP contribution in [0.25, 0.3) is 10.4 Å². The number of hydrogen-bond donors (Lipinski definition) is 2. The van der Waals surface area contributed by atoms with Gasteiger partial charge in [0.15, 0.2) is 0 Å². The summed E-state index contributed by atoms with van der Waals surface area (Å²) in [6.07, 6.45) is 0. The molecule has 2 rings (SSSR count). The minimum atomic E-state index is -0.339. The summed E-state index contributed by atoms with van der Waals surface area (Å²) in [6.45, 7) is 0.754. The lowest BCUT2D eigenvalue weighted by molar-refractivity contribution is -0.0000126. The van der Waals surface area contributed by atoms with Gasteiger partial charge in [-0.15, -0.1) is 11.3 Å². The van der Waals surface area contributed by atoms with Crippen LogP contribution in [0.3, 0.4) is 0 Å². The Morgan fingerprint density at radius 3 is 2.95 bits per heavy atom. The van der Waals surface area contributed by atoms with Crippen LogP contribution < -0.4 is 23.5 Å². The van der Waals surface area contributed by atoms with Gasteiger partial charge in [0.1, 0.15) is 11.5 Å². The number of nitrogens with two attached hydrogens (primary N) is 1. The Morgan fingerprint density at radius 1 is 1.47 bits per heavy atom. The lowest BCUT2D eigenvalue weighted by atomic mass is 10.1. The molecule has 19 heavy (non-hydrogen) atoms. The summed E-state index contributed by atoms with van der Waals surface area (Å²) >= 11 is 1.30. The fourth-order valence-electron chi connectivity index (χ4n) is 1.51. The number of thiazole rings is 1. The van der Waals surface area contributed by atoms with Crippen LogP contribution in [0.1, 0.15) is 10.5 Å². The molecule has 0 saturated carbocycles. The third-order valence-electron chi connectivity index (χ3n) is 2.30. The molecule has 0 unspecified atom stereocenters. The number of halogens is 2. The first-order valence-corrected chi connectivity index (χ1v) is 6.28. The molecule has 1 aromatic carbocycles. The summed E-state index contributed by atoms with van der Waals surface area (Å²) in [7, 11) is 0. The molecule has 0 spiro atoms. The van der Waals surface area contributed by atoms with Crippen LogP contribution in [-0.2, 0) is 0 Å². The molecule has 1 aromatic heterocycles. The fourth-order valence-corrected chi connectivity index (χ4v) is 2.30. The number of amides is 1. The van der Waals surface area contributed by atoms with Crippen molar-refractivity contribution in [2.24, 2.45) is 5.73 Å². The largest absolute Gasteiger partial charge is 1.00 e. The number of carbonyl (C=O) groups is 1. The Morgan fingerprint density at radius 2 is 2.26 bits per heavy atom. The molecule has 3 N–H and O–H groups in total. The summed E-state index contributed by atoms with van der Waals surface area (Å²) in [5, 5.41) is 2.65. The number of hydrogen-bond acceptors (Lipinski definition) is 4. The second-order valence-electron chi connectivity index (χ2n) is 3.59. The van der Waals surface area contributed by atoms with Gasteiger partial charge in [-0.05, 0) is 17.7 Å². The zero-order valence-corrected chi connectivity index (χ0v) is 11.5. The van der Waals surface area contributed by atoms with E-state index in [9.17, 15) is 9.18 Å². The Labute approximate surface area is 120 Å². The van der Waals surface area contributed by atoms with Crippen molar-refractivity contribution in [2.75, 3.05) is 13.1 Å². The molecule has 2 aromatic rings. The molecule has 0 aliphatic carbocycles. The molecule has 1 amide bonds. The van der Waals surface area contributed by atoms with E-state index in [0.29, 0.717) is 29.2 Å². The molecule has 0 fully saturated rings. The van der Waals surface area contributed by atoms with E-state index < -0.39 is 0 Å². The van der Waals surface area contributed by atoms with Crippen LogP contribution in [0.4, 0.5) is 4.39 Å². The van der Waals surface area contributed by atoms with Crippen LogP contribution in [0.15, 0.2) is 29.8 Å². The zero-order chi connectivity index (χ0) is 13.0. The predicted octanol–water partition coefficient (Wildman–Crippen LogP) is -1.36. The molecular formula is C12H12ClFN3OS-. The summed E-state index contributed by atoms with van der Waals surface area (Å²) in [5.41, 5.74) is 7.84. The number of nitrogens with zero attached hydrogens (tertiary/aromatic N) is 1. The van der Waals surface area contributed by atoms with Crippen molar-refractivity contribution in [1.82, 2.24) is 10.3 Å². The molecule has 4 nitrogen and oxygen atoms in total. The van der Waals surface area contributed by atoms with Crippen molar-refractivity contribution < 1.29 is 21.6 Å². The molecule has 0 atom stereocenters. The number of nitrogens with one attached hydrogen (secondary N) is 1. The maximum Gasteiger partial charge on any atom is 0.271 e. The molecule has 7 heteroatoms. The quantitative estimate of drug-likeness (QED) is 0.733. The first kappa shape index (κ1) is 15.6. The van der Waals surface area contributed by atoms with E-state index in [-0.39, 0.29) is 24.1 Å². The smallest absolute Gasteiger partial charge is 0.271 e. The van der Waals surface area contributed by atoms with Gasteiger partial charge in [-0.2, -0.15) is 0 Å². The standard InChI is InChI=1S/C12H12FN3OS.ClH/c13-9-3-1-2-8(6-9)11-10(16-7-18-11)12(17)15-5-4-14;/h1-3,6-7H,4-5,14H2,(H,15,17);1H/p-1. The molecule has 0 saturated heterocycles. The average molecular weight is 301 g/mol. The molecular weight excluding hydrogens is 289 g/mol. The van der Waals surface area contributed by atoms with Crippen molar-refractivity contribution in [3.63, 3.8) is 0 Å². The molecule has 102 valence electrons. The van der Waals surface area contributed by atoms with Gasteiger partial charge < -0.3 is 23.5 Å². The highest BCUT2D eigenvalue weighted by Crippen LogP contribution is 2.27. The average Bonchev–Trinajstić information content (AvgIpc) is 2.85. The highest BCUT2D eigenvalue weighted by Gasteiger charge is 2.15. The molecule has 1 heterocycles. The first-order valence-electron chi connectivity index (χ1n) is 5.40. The highest BCUT2D eigenvalue weighted by atomic mass is 35.5. The van der Waals surface area contributed by atoms with E-state index in [4.69, 9.17) is 5.73 Å². The van der Waals surface area contributed by atoms with Crippen molar-refractivity contribution in [3.8, 4) is 10.4 Å². The number of benzene rings is 1. The number of rotatable bonds is 4. The van der Waals surface area contributed by atoms with E-state index in [0.717, 1.165) is 0 Å². The van der Waals surface area contributed by atoms with Gasteiger partial charge in [0.2, 0.25) is 0 Å². The van der Waals surface area contributed by atoms with Gasteiger partial charge in [0.05, 0.1) is 10.4 Å². The van der Waals surface area contributed by atoms with Gasteiger partial charge in [0, 0.05) is 13.1 Å². The second kappa shape index (κ2) is 7.18. The Bertz CT molecular complexity index is 561. The van der Waals surface area contributed by atoms with E-state index in [1.807, 2.05) is 0 Å². The Hall–Kier alpha value is -1.50. The third-order valence-corrected chi connectivity index (χ3v) is 3.17. The van der Waals surface area contributed by atoms with Crippen LogP contribution in [0.5, 0.6) is 0 Å². The SMILES string of the molecule is NCCNC(=O)c1ncsc1-c1cccc(F)c1.[Cl-].